The summed E-state index contributed by atoms with van der Waals surface area (Å²) in [5.41, 5.74) is 3.02. The first-order valence-electron chi connectivity index (χ1n) is 6.81. The van der Waals surface area contributed by atoms with Crippen LogP contribution in [0.15, 0.2) is 42.5 Å². The first-order chi connectivity index (χ1) is 10.1. The molecule has 0 unspecified atom stereocenters. The van der Waals surface area contributed by atoms with Gasteiger partial charge in [-0.2, -0.15) is 0 Å². The Morgan fingerprint density at radius 3 is 2.48 bits per heavy atom. The zero-order chi connectivity index (χ0) is 14.8. The van der Waals surface area contributed by atoms with Crippen LogP contribution in [-0.4, -0.2) is 18.3 Å². The Labute approximate surface area is 122 Å². The first kappa shape index (κ1) is 13.4. The van der Waals surface area contributed by atoms with Gasteiger partial charge in [0.2, 0.25) is 5.91 Å². The Morgan fingerprint density at radius 2 is 1.76 bits per heavy atom. The van der Waals surface area contributed by atoms with Crippen LogP contribution in [0.5, 0.6) is 5.75 Å². The fourth-order valence-corrected chi connectivity index (χ4v) is 2.40. The second-order valence-electron chi connectivity index (χ2n) is 5.01. The first-order valence-corrected chi connectivity index (χ1v) is 6.81. The molecule has 0 bridgehead atoms. The lowest BCUT2D eigenvalue weighted by molar-refractivity contribution is -0.114. The molecule has 0 atom stereocenters. The molecule has 21 heavy (non-hydrogen) atoms. The molecule has 1 N–H and O–H groups in total. The van der Waals surface area contributed by atoms with Crippen LogP contribution in [0.3, 0.4) is 0 Å². The van der Waals surface area contributed by atoms with E-state index in [2.05, 4.69) is 5.32 Å². The number of hydrogen-bond acceptors (Lipinski definition) is 3. The van der Waals surface area contributed by atoms with Crippen LogP contribution in [0, 0.1) is 0 Å². The van der Waals surface area contributed by atoms with E-state index < -0.39 is 0 Å². The van der Waals surface area contributed by atoms with Gasteiger partial charge >= 0.3 is 0 Å². The van der Waals surface area contributed by atoms with Crippen molar-refractivity contribution in [2.45, 2.75) is 13.3 Å². The van der Waals surface area contributed by atoms with Crippen LogP contribution in [0.4, 0.5) is 5.69 Å². The van der Waals surface area contributed by atoms with E-state index in [1.54, 1.807) is 30.3 Å². The number of carbonyl (C=O) groups is 2. The highest BCUT2D eigenvalue weighted by Gasteiger charge is 2.16. The molecule has 4 heteroatoms. The summed E-state index contributed by atoms with van der Waals surface area (Å²) in [6.45, 7) is 2.13. The molecule has 0 aliphatic carbocycles. The van der Waals surface area contributed by atoms with Crippen LogP contribution in [0.2, 0.25) is 0 Å². The summed E-state index contributed by atoms with van der Waals surface area (Å²) in [5.74, 6) is 0.708. The second kappa shape index (κ2) is 5.40. The van der Waals surface area contributed by atoms with Crippen LogP contribution < -0.4 is 10.1 Å². The van der Waals surface area contributed by atoms with Crippen molar-refractivity contribution < 1.29 is 14.3 Å². The van der Waals surface area contributed by atoms with Crippen molar-refractivity contribution in [2.24, 2.45) is 0 Å². The molecule has 0 spiro atoms. The predicted octanol–water partition coefficient (Wildman–Crippen LogP) is 2.81. The maximum Gasteiger partial charge on any atom is 0.221 e. The van der Waals surface area contributed by atoms with Gasteiger partial charge in [0.25, 0.3) is 0 Å². The summed E-state index contributed by atoms with van der Waals surface area (Å²) in [4.78, 5) is 23.4. The number of carbonyl (C=O) groups excluding carboxylic acids is 2. The van der Waals surface area contributed by atoms with Crippen molar-refractivity contribution in [3.8, 4) is 5.75 Å². The highest BCUT2D eigenvalue weighted by atomic mass is 16.5. The number of ether oxygens (including phenoxy) is 1. The van der Waals surface area contributed by atoms with Gasteiger partial charge in [-0.05, 0) is 48.0 Å². The Kier molecular flexibility index (Phi) is 3.44. The van der Waals surface area contributed by atoms with E-state index in [1.165, 1.54) is 6.92 Å². The van der Waals surface area contributed by atoms with E-state index in [9.17, 15) is 9.59 Å². The van der Waals surface area contributed by atoms with Gasteiger partial charge in [-0.25, -0.2) is 0 Å². The quantitative estimate of drug-likeness (QED) is 0.880. The minimum absolute atomic E-state index is 0.0286. The number of fused-ring (bicyclic) bond motifs is 1. The highest BCUT2D eigenvalue weighted by Crippen LogP contribution is 2.27. The normalized spacial score (nSPS) is 12.4. The zero-order valence-corrected chi connectivity index (χ0v) is 11.7. The monoisotopic (exact) mass is 281 g/mol. The van der Waals surface area contributed by atoms with E-state index in [4.69, 9.17) is 4.74 Å². The van der Waals surface area contributed by atoms with Crippen molar-refractivity contribution in [3.63, 3.8) is 0 Å². The van der Waals surface area contributed by atoms with Gasteiger partial charge in [0.15, 0.2) is 5.78 Å². The Bertz CT molecular complexity index is 704. The summed E-state index contributed by atoms with van der Waals surface area (Å²) in [7, 11) is 0. The summed E-state index contributed by atoms with van der Waals surface area (Å²) in [6.07, 6.45) is 0.845. The Morgan fingerprint density at radius 1 is 1.05 bits per heavy atom. The summed E-state index contributed by atoms with van der Waals surface area (Å²) < 4.78 is 5.44. The predicted molar refractivity (Wildman–Crippen MR) is 79.8 cm³/mol. The Hall–Kier alpha value is -2.62. The lowest BCUT2D eigenvalue weighted by Crippen LogP contribution is -2.06. The molecule has 1 heterocycles. The third kappa shape index (κ3) is 2.79. The third-order valence-corrected chi connectivity index (χ3v) is 3.42. The molecule has 2 aromatic rings. The highest BCUT2D eigenvalue weighted by molar-refractivity contribution is 6.09. The van der Waals surface area contributed by atoms with Crippen LogP contribution >= 0.6 is 0 Å². The molecule has 0 fully saturated rings. The average Bonchev–Trinajstić information content (AvgIpc) is 2.94. The lowest BCUT2D eigenvalue weighted by atomic mass is 10.0. The van der Waals surface area contributed by atoms with Crippen molar-refractivity contribution in [1.82, 2.24) is 0 Å². The van der Waals surface area contributed by atoms with Gasteiger partial charge in [-0.15, -0.1) is 0 Å². The standard InChI is InChI=1S/C17H15NO3/c1-11(19)18-15-5-2-12(3-6-15)17(20)14-4-7-16-13(10-14)8-9-21-16/h2-7,10H,8-9H2,1H3,(H,18,19). The topological polar surface area (TPSA) is 55.4 Å². The maximum atomic E-state index is 12.5. The number of anilines is 1. The molecule has 1 aliphatic rings. The van der Waals surface area contributed by atoms with Crippen molar-refractivity contribution >= 4 is 17.4 Å². The molecule has 0 saturated heterocycles. The molecular weight excluding hydrogens is 266 g/mol. The Balaban J connectivity index is 1.83. The van der Waals surface area contributed by atoms with E-state index in [0.29, 0.717) is 23.4 Å². The number of benzene rings is 2. The molecule has 0 radical (unpaired) electrons. The summed E-state index contributed by atoms with van der Waals surface area (Å²) in [5, 5.41) is 2.68. The molecule has 2 aromatic carbocycles. The fourth-order valence-electron chi connectivity index (χ4n) is 2.40. The van der Waals surface area contributed by atoms with E-state index >= 15 is 0 Å². The minimum atomic E-state index is -0.132. The number of hydrogen-bond donors (Lipinski definition) is 1. The van der Waals surface area contributed by atoms with Gasteiger partial charge < -0.3 is 10.1 Å². The van der Waals surface area contributed by atoms with Crippen LogP contribution in [0.1, 0.15) is 28.4 Å². The molecule has 1 aliphatic heterocycles. The van der Waals surface area contributed by atoms with Crippen molar-refractivity contribution in [1.29, 1.82) is 0 Å². The van der Waals surface area contributed by atoms with E-state index in [0.717, 1.165) is 17.7 Å². The number of rotatable bonds is 3. The van der Waals surface area contributed by atoms with Gasteiger partial charge in [-0.1, -0.05) is 0 Å². The van der Waals surface area contributed by atoms with Crippen molar-refractivity contribution in [3.05, 3.63) is 59.2 Å². The van der Waals surface area contributed by atoms with Gasteiger partial charge in [-0.3, -0.25) is 9.59 Å². The maximum absolute atomic E-state index is 12.5. The lowest BCUT2D eigenvalue weighted by Gasteiger charge is -2.06. The molecule has 0 aromatic heterocycles. The molecule has 4 nitrogen and oxygen atoms in total. The van der Waals surface area contributed by atoms with Crippen LogP contribution in [0.25, 0.3) is 0 Å². The molecule has 1 amide bonds. The van der Waals surface area contributed by atoms with Gasteiger partial charge in [0.1, 0.15) is 5.75 Å². The van der Waals surface area contributed by atoms with E-state index in [1.807, 2.05) is 12.1 Å². The average molecular weight is 281 g/mol. The van der Waals surface area contributed by atoms with Gasteiger partial charge in [0, 0.05) is 30.2 Å². The number of ketones is 1. The van der Waals surface area contributed by atoms with Crippen LogP contribution in [-0.2, 0) is 11.2 Å². The largest absolute Gasteiger partial charge is 0.493 e. The smallest absolute Gasteiger partial charge is 0.221 e. The zero-order valence-electron chi connectivity index (χ0n) is 11.7. The van der Waals surface area contributed by atoms with E-state index in [-0.39, 0.29) is 11.7 Å². The number of nitrogens with one attached hydrogen (secondary N) is 1. The molecule has 0 saturated carbocycles. The molecule has 106 valence electrons. The third-order valence-electron chi connectivity index (χ3n) is 3.42. The molecular formula is C17H15NO3. The second-order valence-corrected chi connectivity index (χ2v) is 5.01. The minimum Gasteiger partial charge on any atom is -0.493 e. The SMILES string of the molecule is CC(=O)Nc1ccc(C(=O)c2ccc3c(c2)CCO3)cc1. The fraction of sp³-hybridized carbons (Fsp3) is 0.176. The van der Waals surface area contributed by atoms with Crippen molar-refractivity contribution in [2.75, 3.05) is 11.9 Å². The van der Waals surface area contributed by atoms with Gasteiger partial charge in [0.05, 0.1) is 6.61 Å². The summed E-state index contributed by atoms with van der Waals surface area (Å²) in [6, 6.07) is 12.4. The summed E-state index contributed by atoms with van der Waals surface area (Å²) >= 11 is 0. The number of amides is 1. The molecule has 3 rings (SSSR count).